The molecule has 0 unspecified atom stereocenters. The summed E-state index contributed by atoms with van der Waals surface area (Å²) in [5, 5.41) is 0. The lowest BCUT2D eigenvalue weighted by atomic mass is 10.5. The fourth-order valence-corrected chi connectivity index (χ4v) is 1.17. The van der Waals surface area contributed by atoms with Crippen LogP contribution in [0.4, 0.5) is 0 Å². The van der Waals surface area contributed by atoms with Gasteiger partial charge in [-0.3, -0.25) is 4.40 Å². The van der Waals surface area contributed by atoms with Crippen molar-refractivity contribution in [1.82, 2.24) is 14.4 Å². The zero-order valence-corrected chi connectivity index (χ0v) is 7.46. The summed E-state index contributed by atoms with van der Waals surface area (Å²) >= 11 is 3.38. The van der Waals surface area contributed by atoms with Crippen LogP contribution in [-0.4, -0.2) is 14.4 Å². The number of aryl methyl sites for hydroxylation is 1. The molecule has 2 aromatic heterocycles. The van der Waals surface area contributed by atoms with Crippen molar-refractivity contribution in [2.75, 3.05) is 0 Å². The molecule has 0 aliphatic heterocycles. The molecular weight excluding hydrogens is 206 g/mol. The van der Waals surface area contributed by atoms with Crippen LogP contribution in [0.15, 0.2) is 16.9 Å². The first-order valence-corrected chi connectivity index (χ1v) is 3.94. The molecule has 2 rings (SSSR count). The van der Waals surface area contributed by atoms with E-state index in [0.29, 0.717) is 5.78 Å². The van der Waals surface area contributed by atoms with Crippen molar-refractivity contribution in [3.05, 3.63) is 28.8 Å². The lowest BCUT2D eigenvalue weighted by Gasteiger charge is -1.96. The molecule has 1 radical (unpaired) electrons. The first-order chi connectivity index (χ1) is 5.27. The molecule has 2 heterocycles. The zero-order chi connectivity index (χ0) is 7.84. The van der Waals surface area contributed by atoms with Gasteiger partial charge in [-0.15, -0.1) is 0 Å². The lowest BCUT2D eigenvalue weighted by Crippen LogP contribution is -1.91. The highest BCUT2D eigenvalue weighted by Gasteiger charge is 1.99. The van der Waals surface area contributed by atoms with Crippen molar-refractivity contribution >= 4 is 21.7 Å². The molecule has 0 saturated heterocycles. The van der Waals surface area contributed by atoms with Crippen molar-refractivity contribution in [2.45, 2.75) is 6.92 Å². The third kappa shape index (κ3) is 1.03. The van der Waals surface area contributed by atoms with E-state index in [1.165, 1.54) is 0 Å². The van der Waals surface area contributed by atoms with E-state index in [2.05, 4.69) is 32.1 Å². The summed E-state index contributed by atoms with van der Waals surface area (Å²) in [6.07, 6.45) is 6.38. The minimum atomic E-state index is 0.686. The number of imidazole rings is 1. The van der Waals surface area contributed by atoms with Crippen LogP contribution in [0.25, 0.3) is 5.78 Å². The summed E-state index contributed by atoms with van der Waals surface area (Å²) in [7, 11) is 0. The molecule has 0 aliphatic rings. The van der Waals surface area contributed by atoms with Crippen molar-refractivity contribution in [1.29, 1.82) is 0 Å². The molecule has 0 aliphatic carbocycles. The van der Waals surface area contributed by atoms with Crippen LogP contribution in [0.3, 0.4) is 0 Å². The average molecular weight is 211 g/mol. The highest BCUT2D eigenvalue weighted by Crippen LogP contribution is 2.13. The van der Waals surface area contributed by atoms with Crippen LogP contribution in [0.2, 0.25) is 0 Å². The molecular formula is C7H5BrN3. The van der Waals surface area contributed by atoms with E-state index in [9.17, 15) is 0 Å². The van der Waals surface area contributed by atoms with E-state index in [-0.39, 0.29) is 0 Å². The Balaban J connectivity index is 2.86. The van der Waals surface area contributed by atoms with Crippen LogP contribution in [0, 0.1) is 13.1 Å². The van der Waals surface area contributed by atoms with E-state index in [4.69, 9.17) is 0 Å². The topological polar surface area (TPSA) is 30.2 Å². The number of hydrogen-bond acceptors (Lipinski definition) is 2. The van der Waals surface area contributed by atoms with E-state index in [0.717, 1.165) is 10.2 Å². The monoisotopic (exact) mass is 210 g/mol. The van der Waals surface area contributed by atoms with E-state index >= 15 is 0 Å². The molecule has 0 N–H and O–H groups in total. The first kappa shape index (κ1) is 6.79. The van der Waals surface area contributed by atoms with Gasteiger partial charge in [0.1, 0.15) is 6.20 Å². The average Bonchev–Trinajstić information content (AvgIpc) is 2.36. The van der Waals surface area contributed by atoms with Gasteiger partial charge in [-0.1, -0.05) is 0 Å². The van der Waals surface area contributed by atoms with Crippen molar-refractivity contribution in [3.8, 4) is 0 Å². The fourth-order valence-electron chi connectivity index (χ4n) is 0.861. The second-order valence-corrected chi connectivity index (χ2v) is 3.11. The second kappa shape index (κ2) is 2.30. The minimum Gasteiger partial charge on any atom is -0.289 e. The van der Waals surface area contributed by atoms with Crippen LogP contribution < -0.4 is 0 Å². The third-order valence-corrected chi connectivity index (χ3v) is 2.24. The maximum atomic E-state index is 4.21. The van der Waals surface area contributed by atoms with Gasteiger partial charge in [-0.05, 0) is 22.9 Å². The molecule has 0 atom stereocenters. The standard InChI is InChI=1S/C7H5BrN3/c1-5-6(8)4-11-3-2-9-7(11)10-5/h3-4H,1H3. The largest absolute Gasteiger partial charge is 0.289 e. The van der Waals surface area contributed by atoms with Gasteiger partial charge in [0.05, 0.1) is 10.2 Å². The van der Waals surface area contributed by atoms with Gasteiger partial charge in [0, 0.05) is 12.4 Å². The molecule has 0 amide bonds. The SMILES string of the molecule is Cc1nc2n[c]cn2cc1Br. The van der Waals surface area contributed by atoms with Crippen LogP contribution in [0.1, 0.15) is 5.69 Å². The molecule has 0 fully saturated rings. The minimum absolute atomic E-state index is 0.686. The van der Waals surface area contributed by atoms with Crippen LogP contribution in [0.5, 0.6) is 0 Å². The number of fused-ring (bicyclic) bond motifs is 1. The Morgan fingerprint density at radius 2 is 2.45 bits per heavy atom. The van der Waals surface area contributed by atoms with Gasteiger partial charge in [0.25, 0.3) is 0 Å². The zero-order valence-electron chi connectivity index (χ0n) is 5.87. The summed E-state index contributed by atoms with van der Waals surface area (Å²) in [5.41, 5.74) is 0.942. The Kier molecular flexibility index (Phi) is 1.42. The Labute approximate surface area is 72.2 Å². The molecule has 55 valence electrons. The highest BCUT2D eigenvalue weighted by molar-refractivity contribution is 9.10. The Bertz CT molecular complexity index is 357. The Hall–Kier alpha value is -0.900. The molecule has 3 nitrogen and oxygen atoms in total. The summed E-state index contributed by atoms with van der Waals surface area (Å²) in [6, 6.07) is 0. The maximum Gasteiger partial charge on any atom is 0.234 e. The molecule has 0 spiro atoms. The number of aromatic nitrogens is 3. The van der Waals surface area contributed by atoms with Gasteiger partial charge in [0.2, 0.25) is 5.78 Å². The Morgan fingerprint density at radius 1 is 1.64 bits per heavy atom. The summed E-state index contributed by atoms with van der Waals surface area (Å²) in [4.78, 5) is 8.14. The lowest BCUT2D eigenvalue weighted by molar-refractivity contribution is 1.05. The summed E-state index contributed by atoms with van der Waals surface area (Å²) in [6.45, 7) is 1.93. The number of hydrogen-bond donors (Lipinski definition) is 0. The summed E-state index contributed by atoms with van der Waals surface area (Å²) in [5.74, 6) is 0.686. The predicted molar refractivity (Wildman–Crippen MR) is 44.3 cm³/mol. The fraction of sp³-hybridized carbons (Fsp3) is 0.143. The van der Waals surface area contributed by atoms with Crippen LogP contribution in [-0.2, 0) is 0 Å². The third-order valence-electron chi connectivity index (χ3n) is 1.46. The predicted octanol–water partition coefficient (Wildman–Crippen LogP) is 1.60. The van der Waals surface area contributed by atoms with Gasteiger partial charge in [0.15, 0.2) is 0 Å². The molecule has 4 heteroatoms. The number of halogens is 1. The normalized spacial score (nSPS) is 10.7. The smallest absolute Gasteiger partial charge is 0.234 e. The van der Waals surface area contributed by atoms with Crippen molar-refractivity contribution < 1.29 is 0 Å². The van der Waals surface area contributed by atoms with E-state index in [1.807, 2.05) is 17.5 Å². The van der Waals surface area contributed by atoms with Gasteiger partial charge >= 0.3 is 0 Å². The summed E-state index contributed by atoms with van der Waals surface area (Å²) < 4.78 is 2.80. The van der Waals surface area contributed by atoms with Crippen molar-refractivity contribution in [2.24, 2.45) is 0 Å². The number of rotatable bonds is 0. The maximum absolute atomic E-state index is 4.21. The highest BCUT2D eigenvalue weighted by atomic mass is 79.9. The second-order valence-electron chi connectivity index (χ2n) is 2.25. The van der Waals surface area contributed by atoms with Gasteiger partial charge in [-0.2, -0.15) is 0 Å². The molecule has 0 bridgehead atoms. The first-order valence-electron chi connectivity index (χ1n) is 3.15. The number of nitrogens with zero attached hydrogens (tertiary/aromatic N) is 3. The van der Waals surface area contributed by atoms with E-state index in [1.54, 1.807) is 6.20 Å². The van der Waals surface area contributed by atoms with Gasteiger partial charge < -0.3 is 0 Å². The molecule has 11 heavy (non-hydrogen) atoms. The molecule has 0 saturated carbocycles. The van der Waals surface area contributed by atoms with Crippen molar-refractivity contribution in [3.63, 3.8) is 0 Å². The van der Waals surface area contributed by atoms with E-state index < -0.39 is 0 Å². The Morgan fingerprint density at radius 3 is 3.27 bits per heavy atom. The molecule has 2 aromatic rings. The van der Waals surface area contributed by atoms with Gasteiger partial charge in [-0.25, -0.2) is 9.97 Å². The van der Waals surface area contributed by atoms with Crippen LogP contribution >= 0.6 is 15.9 Å². The molecule has 0 aromatic carbocycles. The quantitative estimate of drug-likeness (QED) is 0.662.